The van der Waals surface area contributed by atoms with Crippen molar-refractivity contribution in [2.45, 2.75) is 0 Å². The predicted octanol–water partition coefficient (Wildman–Crippen LogP) is 5.91. The Morgan fingerprint density at radius 3 is 2.73 bits per heavy atom. The molecule has 0 bridgehead atoms. The highest BCUT2D eigenvalue weighted by atomic mass is 32.1. The van der Waals surface area contributed by atoms with Gasteiger partial charge in [0.05, 0.1) is 0 Å². The predicted molar refractivity (Wildman–Crippen MR) is 97.4 cm³/mol. The molecule has 3 heteroatoms. The lowest BCUT2D eigenvalue weighted by molar-refractivity contribution is 0.366. The lowest BCUT2D eigenvalue weighted by atomic mass is 10.1. The van der Waals surface area contributed by atoms with E-state index < -0.39 is 0 Å². The molecule has 1 aromatic carbocycles. The SMILES string of the molecule is C1=C(c2ccc(/C=C/c3cccs3)s2)COc2ccccc21. The van der Waals surface area contributed by atoms with E-state index in [1.807, 2.05) is 18.2 Å². The zero-order valence-electron chi connectivity index (χ0n) is 11.9. The second-order valence-corrected chi connectivity index (χ2v) is 7.14. The molecule has 22 heavy (non-hydrogen) atoms. The number of para-hydroxylation sites is 1. The van der Waals surface area contributed by atoms with Crippen molar-refractivity contribution in [1.82, 2.24) is 0 Å². The second-order valence-electron chi connectivity index (χ2n) is 5.05. The summed E-state index contributed by atoms with van der Waals surface area (Å²) in [5.74, 6) is 0.973. The third-order valence-corrected chi connectivity index (χ3v) is 5.49. The van der Waals surface area contributed by atoms with Crippen LogP contribution < -0.4 is 4.74 Å². The van der Waals surface area contributed by atoms with Crippen LogP contribution in [0, 0.1) is 0 Å². The van der Waals surface area contributed by atoms with Gasteiger partial charge in [0, 0.05) is 25.8 Å². The summed E-state index contributed by atoms with van der Waals surface area (Å²) in [6.07, 6.45) is 6.58. The Kier molecular flexibility index (Phi) is 3.67. The molecule has 0 saturated heterocycles. The fourth-order valence-corrected chi connectivity index (χ4v) is 3.95. The minimum Gasteiger partial charge on any atom is -0.488 e. The highest BCUT2D eigenvalue weighted by molar-refractivity contribution is 7.14. The molecule has 0 atom stereocenters. The highest BCUT2D eigenvalue weighted by Crippen LogP contribution is 2.33. The summed E-state index contributed by atoms with van der Waals surface area (Å²) >= 11 is 3.56. The maximum absolute atomic E-state index is 5.84. The van der Waals surface area contributed by atoms with E-state index in [0.29, 0.717) is 6.61 Å². The molecule has 1 aliphatic heterocycles. The van der Waals surface area contributed by atoms with Crippen LogP contribution in [-0.4, -0.2) is 6.61 Å². The van der Waals surface area contributed by atoms with Crippen LogP contribution in [0.3, 0.4) is 0 Å². The number of hydrogen-bond acceptors (Lipinski definition) is 3. The summed E-state index contributed by atoms with van der Waals surface area (Å²) in [7, 11) is 0. The largest absolute Gasteiger partial charge is 0.488 e. The Balaban J connectivity index is 1.59. The van der Waals surface area contributed by atoms with Crippen molar-refractivity contribution in [3.05, 3.63) is 74.1 Å². The van der Waals surface area contributed by atoms with Crippen LogP contribution in [0.4, 0.5) is 0 Å². The van der Waals surface area contributed by atoms with E-state index >= 15 is 0 Å². The number of fused-ring (bicyclic) bond motifs is 1. The van der Waals surface area contributed by atoms with E-state index in [1.165, 1.54) is 20.2 Å². The molecular weight excluding hydrogens is 308 g/mol. The number of ether oxygens (including phenoxy) is 1. The zero-order valence-corrected chi connectivity index (χ0v) is 13.5. The van der Waals surface area contributed by atoms with Gasteiger partial charge >= 0.3 is 0 Å². The van der Waals surface area contributed by atoms with Gasteiger partial charge < -0.3 is 4.74 Å². The van der Waals surface area contributed by atoms with E-state index in [1.54, 1.807) is 22.7 Å². The van der Waals surface area contributed by atoms with Gasteiger partial charge in [-0.15, -0.1) is 22.7 Å². The van der Waals surface area contributed by atoms with Crippen LogP contribution >= 0.6 is 22.7 Å². The third kappa shape index (κ3) is 2.78. The summed E-state index contributed by atoms with van der Waals surface area (Å²) in [6, 6.07) is 16.7. The fraction of sp³-hybridized carbons (Fsp3) is 0.0526. The Morgan fingerprint density at radius 1 is 0.909 bits per heavy atom. The normalized spacial score (nSPS) is 13.7. The first-order valence-electron chi connectivity index (χ1n) is 7.13. The first kappa shape index (κ1) is 13.6. The van der Waals surface area contributed by atoms with Gasteiger partial charge in [-0.1, -0.05) is 24.3 Å². The smallest absolute Gasteiger partial charge is 0.127 e. The van der Waals surface area contributed by atoms with Crippen molar-refractivity contribution in [3.8, 4) is 5.75 Å². The molecule has 0 spiro atoms. The number of hydrogen-bond donors (Lipinski definition) is 0. The van der Waals surface area contributed by atoms with Crippen molar-refractivity contribution in [2.75, 3.05) is 6.61 Å². The summed E-state index contributed by atoms with van der Waals surface area (Å²) in [4.78, 5) is 3.83. The lowest BCUT2D eigenvalue weighted by Crippen LogP contribution is -2.05. The lowest BCUT2D eigenvalue weighted by Gasteiger charge is -2.16. The molecule has 1 nitrogen and oxygen atoms in total. The molecule has 0 radical (unpaired) electrons. The van der Waals surface area contributed by atoms with E-state index in [9.17, 15) is 0 Å². The monoisotopic (exact) mass is 322 g/mol. The molecule has 0 N–H and O–H groups in total. The van der Waals surface area contributed by atoms with Crippen LogP contribution in [0.5, 0.6) is 5.75 Å². The van der Waals surface area contributed by atoms with Gasteiger partial charge in [0.1, 0.15) is 12.4 Å². The van der Waals surface area contributed by atoms with Gasteiger partial charge in [-0.2, -0.15) is 0 Å². The first-order valence-corrected chi connectivity index (χ1v) is 8.82. The molecule has 0 aliphatic carbocycles. The maximum Gasteiger partial charge on any atom is 0.127 e. The second kappa shape index (κ2) is 5.95. The molecule has 0 unspecified atom stereocenters. The molecular formula is C19H14OS2. The van der Waals surface area contributed by atoms with Gasteiger partial charge in [-0.05, 0) is 47.9 Å². The van der Waals surface area contributed by atoms with Crippen molar-refractivity contribution in [3.63, 3.8) is 0 Å². The highest BCUT2D eigenvalue weighted by Gasteiger charge is 2.13. The molecule has 0 amide bonds. The average Bonchev–Trinajstić information content (AvgIpc) is 3.24. The van der Waals surface area contributed by atoms with Gasteiger partial charge in [0.15, 0.2) is 0 Å². The van der Waals surface area contributed by atoms with Gasteiger partial charge in [-0.3, -0.25) is 0 Å². The van der Waals surface area contributed by atoms with Gasteiger partial charge in [0.25, 0.3) is 0 Å². The van der Waals surface area contributed by atoms with E-state index in [0.717, 1.165) is 11.3 Å². The molecule has 1 aliphatic rings. The molecule has 4 rings (SSSR count). The number of thiophene rings is 2. The minimum absolute atomic E-state index is 0.644. The Hall–Kier alpha value is -2.10. The molecule has 2 aromatic heterocycles. The number of rotatable bonds is 3. The van der Waals surface area contributed by atoms with Crippen molar-refractivity contribution in [1.29, 1.82) is 0 Å². The molecule has 0 saturated carbocycles. The van der Waals surface area contributed by atoms with Crippen molar-refractivity contribution in [2.24, 2.45) is 0 Å². The molecule has 108 valence electrons. The standard InChI is InChI=1S/C19H14OS2/c1-2-6-18-14(4-1)12-15(13-20-18)19-10-9-17(22-19)8-7-16-5-3-11-21-16/h1-12H,13H2/b8-7+. The van der Waals surface area contributed by atoms with Crippen molar-refractivity contribution >= 4 is 46.5 Å². The van der Waals surface area contributed by atoms with E-state index in [2.05, 4.69) is 53.9 Å². The van der Waals surface area contributed by atoms with E-state index in [-0.39, 0.29) is 0 Å². The molecule has 3 aromatic rings. The van der Waals surface area contributed by atoms with E-state index in [4.69, 9.17) is 4.74 Å². The summed E-state index contributed by atoms with van der Waals surface area (Å²) in [5.41, 5.74) is 2.41. The third-order valence-electron chi connectivity index (χ3n) is 3.53. The first-order chi connectivity index (χ1) is 10.9. The van der Waals surface area contributed by atoms with Gasteiger partial charge in [-0.25, -0.2) is 0 Å². The Bertz CT molecular complexity index is 838. The summed E-state index contributed by atoms with van der Waals surface area (Å²) in [5, 5.41) is 2.10. The average molecular weight is 322 g/mol. The topological polar surface area (TPSA) is 9.23 Å². The maximum atomic E-state index is 5.84. The number of benzene rings is 1. The van der Waals surface area contributed by atoms with Crippen LogP contribution in [0.15, 0.2) is 53.9 Å². The fourth-order valence-electron chi connectivity index (χ4n) is 2.42. The summed E-state index contributed by atoms with van der Waals surface area (Å²) in [6.45, 7) is 0.644. The quantitative estimate of drug-likeness (QED) is 0.582. The van der Waals surface area contributed by atoms with Crippen LogP contribution in [-0.2, 0) is 0 Å². The van der Waals surface area contributed by atoms with Crippen molar-refractivity contribution < 1.29 is 4.74 Å². The summed E-state index contributed by atoms with van der Waals surface area (Å²) < 4.78 is 5.84. The Labute approximate surface area is 137 Å². The van der Waals surface area contributed by atoms with Gasteiger partial charge in [0.2, 0.25) is 0 Å². The molecule has 0 fully saturated rings. The molecule has 3 heterocycles. The Morgan fingerprint density at radius 2 is 1.82 bits per heavy atom. The zero-order chi connectivity index (χ0) is 14.8. The van der Waals surface area contributed by atoms with Crippen LogP contribution in [0.1, 0.15) is 20.2 Å². The minimum atomic E-state index is 0.644. The van der Waals surface area contributed by atoms with Crippen LogP contribution in [0.25, 0.3) is 23.8 Å². The van der Waals surface area contributed by atoms with Crippen LogP contribution in [0.2, 0.25) is 0 Å².